The highest BCUT2D eigenvalue weighted by Gasteiger charge is 2.06. The Morgan fingerprint density at radius 1 is 1.21 bits per heavy atom. The summed E-state index contributed by atoms with van der Waals surface area (Å²) in [4.78, 5) is 16.6. The molecular formula is C17H16F2N2O3. The monoisotopic (exact) mass is 334 g/mol. The molecule has 2 aromatic carbocycles. The van der Waals surface area contributed by atoms with E-state index in [1.165, 1.54) is 30.5 Å². The molecule has 1 amide bonds. The van der Waals surface area contributed by atoms with Gasteiger partial charge in [0.2, 0.25) is 0 Å². The van der Waals surface area contributed by atoms with Crippen molar-refractivity contribution in [1.82, 2.24) is 0 Å². The molecule has 24 heavy (non-hydrogen) atoms. The van der Waals surface area contributed by atoms with E-state index in [9.17, 15) is 13.6 Å². The lowest BCUT2D eigenvalue weighted by molar-refractivity contribution is -0.120. The predicted octanol–water partition coefficient (Wildman–Crippen LogP) is 3.59. The van der Waals surface area contributed by atoms with Crippen LogP contribution in [0, 0.1) is 6.92 Å². The van der Waals surface area contributed by atoms with E-state index in [4.69, 9.17) is 4.84 Å². The number of rotatable bonds is 7. The van der Waals surface area contributed by atoms with E-state index in [0.717, 1.165) is 11.1 Å². The Hall–Kier alpha value is -2.96. The van der Waals surface area contributed by atoms with Crippen LogP contribution in [0.15, 0.2) is 53.7 Å². The first-order valence-corrected chi connectivity index (χ1v) is 7.10. The first-order chi connectivity index (χ1) is 11.5. The van der Waals surface area contributed by atoms with Gasteiger partial charge in [0.25, 0.3) is 5.91 Å². The van der Waals surface area contributed by atoms with Crippen LogP contribution in [-0.2, 0) is 9.63 Å². The van der Waals surface area contributed by atoms with E-state index in [1.807, 2.05) is 31.2 Å². The summed E-state index contributed by atoms with van der Waals surface area (Å²) in [7, 11) is 0. The summed E-state index contributed by atoms with van der Waals surface area (Å²) in [6.07, 6.45) is 1.53. The van der Waals surface area contributed by atoms with Crippen LogP contribution in [0.2, 0.25) is 0 Å². The summed E-state index contributed by atoms with van der Waals surface area (Å²) in [5.74, 6) is -0.401. The number of alkyl halides is 2. The minimum absolute atomic E-state index is 0.0158. The summed E-state index contributed by atoms with van der Waals surface area (Å²) in [5.41, 5.74) is 2.38. The highest BCUT2D eigenvalue weighted by atomic mass is 19.3. The summed E-state index contributed by atoms with van der Waals surface area (Å²) in [6, 6.07) is 13.2. The van der Waals surface area contributed by atoms with Gasteiger partial charge in [0.05, 0.1) is 6.21 Å². The first-order valence-electron chi connectivity index (χ1n) is 7.10. The van der Waals surface area contributed by atoms with Crippen LogP contribution in [0.4, 0.5) is 14.5 Å². The van der Waals surface area contributed by atoms with Gasteiger partial charge in [0, 0.05) is 5.69 Å². The number of ether oxygens (including phenoxy) is 1. The van der Waals surface area contributed by atoms with E-state index < -0.39 is 12.5 Å². The Balaban J connectivity index is 1.78. The van der Waals surface area contributed by atoms with Crippen LogP contribution in [0.25, 0.3) is 0 Å². The molecule has 7 heteroatoms. The molecule has 0 saturated carbocycles. The van der Waals surface area contributed by atoms with Crippen LogP contribution in [-0.4, -0.2) is 25.3 Å². The molecule has 0 aliphatic heterocycles. The van der Waals surface area contributed by atoms with Gasteiger partial charge < -0.3 is 14.9 Å². The molecule has 0 atom stereocenters. The number of aryl methyl sites for hydroxylation is 1. The Kier molecular flexibility index (Phi) is 6.24. The molecule has 0 aliphatic rings. The highest BCUT2D eigenvalue weighted by molar-refractivity contribution is 5.91. The maximum absolute atomic E-state index is 12.0. The lowest BCUT2D eigenvalue weighted by Crippen LogP contribution is -2.17. The summed E-state index contributed by atoms with van der Waals surface area (Å²) < 4.78 is 28.3. The van der Waals surface area contributed by atoms with Crippen LogP contribution in [0.3, 0.4) is 0 Å². The zero-order valence-corrected chi connectivity index (χ0v) is 12.9. The number of oxime groups is 1. The van der Waals surface area contributed by atoms with Crippen molar-refractivity contribution < 1.29 is 23.1 Å². The van der Waals surface area contributed by atoms with Gasteiger partial charge >= 0.3 is 6.61 Å². The summed E-state index contributed by atoms with van der Waals surface area (Å²) in [6.45, 7) is -1.21. The van der Waals surface area contributed by atoms with Gasteiger partial charge in [-0.25, -0.2) is 0 Å². The smallest absolute Gasteiger partial charge is 0.387 e. The second-order valence-corrected chi connectivity index (χ2v) is 4.82. The van der Waals surface area contributed by atoms with Crippen molar-refractivity contribution in [3.63, 3.8) is 0 Å². The predicted molar refractivity (Wildman–Crippen MR) is 86.4 cm³/mol. The SMILES string of the molecule is Cc1ccccc1/C=N\OCC(=O)Nc1ccc(OC(F)F)cc1. The largest absolute Gasteiger partial charge is 0.435 e. The number of carbonyl (C=O) groups is 1. The topological polar surface area (TPSA) is 59.9 Å². The van der Waals surface area contributed by atoms with Crippen molar-refractivity contribution in [3.05, 3.63) is 59.7 Å². The molecule has 0 unspecified atom stereocenters. The molecule has 2 rings (SSSR count). The third-order valence-corrected chi connectivity index (χ3v) is 3.01. The molecule has 0 spiro atoms. The minimum atomic E-state index is -2.88. The fraction of sp³-hybridized carbons (Fsp3) is 0.176. The Morgan fingerprint density at radius 2 is 1.92 bits per heavy atom. The molecule has 1 N–H and O–H groups in total. The highest BCUT2D eigenvalue weighted by Crippen LogP contribution is 2.17. The number of hydrogen-bond acceptors (Lipinski definition) is 4. The van der Waals surface area contributed by atoms with Crippen molar-refractivity contribution in [2.24, 2.45) is 5.16 Å². The first kappa shape index (κ1) is 17.4. The Labute approximate surface area is 137 Å². The normalized spacial score (nSPS) is 10.8. The lowest BCUT2D eigenvalue weighted by Gasteiger charge is -2.07. The molecule has 0 aromatic heterocycles. The van der Waals surface area contributed by atoms with Crippen molar-refractivity contribution in [2.45, 2.75) is 13.5 Å². The van der Waals surface area contributed by atoms with Crippen molar-refractivity contribution in [2.75, 3.05) is 11.9 Å². The molecule has 0 radical (unpaired) electrons. The quantitative estimate of drug-likeness (QED) is 0.622. The number of anilines is 1. The molecular weight excluding hydrogens is 318 g/mol. The van der Waals surface area contributed by atoms with Gasteiger partial charge in [-0.05, 0) is 42.3 Å². The number of benzene rings is 2. The van der Waals surface area contributed by atoms with Crippen LogP contribution in [0.1, 0.15) is 11.1 Å². The molecule has 2 aromatic rings. The number of halogens is 2. The van der Waals surface area contributed by atoms with Crippen molar-refractivity contribution in [3.8, 4) is 5.75 Å². The molecule has 0 aliphatic carbocycles. The average molecular weight is 334 g/mol. The summed E-state index contributed by atoms with van der Waals surface area (Å²) >= 11 is 0. The van der Waals surface area contributed by atoms with E-state index in [2.05, 4.69) is 15.2 Å². The second-order valence-electron chi connectivity index (χ2n) is 4.82. The van der Waals surface area contributed by atoms with E-state index in [0.29, 0.717) is 5.69 Å². The van der Waals surface area contributed by atoms with Crippen molar-refractivity contribution >= 4 is 17.8 Å². The maximum Gasteiger partial charge on any atom is 0.387 e. The van der Waals surface area contributed by atoms with Crippen LogP contribution >= 0.6 is 0 Å². The van der Waals surface area contributed by atoms with E-state index >= 15 is 0 Å². The molecule has 5 nitrogen and oxygen atoms in total. The number of nitrogens with one attached hydrogen (secondary N) is 1. The van der Waals surface area contributed by atoms with E-state index in [1.54, 1.807) is 0 Å². The number of nitrogens with zero attached hydrogens (tertiary/aromatic N) is 1. The lowest BCUT2D eigenvalue weighted by atomic mass is 10.1. The second kappa shape index (κ2) is 8.61. The molecule has 126 valence electrons. The van der Waals surface area contributed by atoms with E-state index in [-0.39, 0.29) is 12.4 Å². The van der Waals surface area contributed by atoms with Gasteiger partial charge in [-0.3, -0.25) is 4.79 Å². The van der Waals surface area contributed by atoms with Crippen LogP contribution < -0.4 is 10.1 Å². The molecule has 0 heterocycles. The van der Waals surface area contributed by atoms with Gasteiger partial charge in [-0.15, -0.1) is 0 Å². The Morgan fingerprint density at radius 3 is 2.58 bits per heavy atom. The summed E-state index contributed by atoms with van der Waals surface area (Å²) in [5, 5.41) is 6.29. The molecule has 0 saturated heterocycles. The van der Waals surface area contributed by atoms with Gasteiger partial charge in [0.15, 0.2) is 6.61 Å². The molecule has 0 fully saturated rings. The van der Waals surface area contributed by atoms with Gasteiger partial charge in [-0.1, -0.05) is 29.4 Å². The number of carbonyl (C=O) groups excluding carboxylic acids is 1. The van der Waals surface area contributed by atoms with Gasteiger partial charge in [-0.2, -0.15) is 8.78 Å². The average Bonchev–Trinajstić information content (AvgIpc) is 2.54. The zero-order chi connectivity index (χ0) is 17.4. The maximum atomic E-state index is 12.0. The fourth-order valence-corrected chi connectivity index (χ4v) is 1.84. The molecule has 0 bridgehead atoms. The van der Waals surface area contributed by atoms with Crippen molar-refractivity contribution in [1.29, 1.82) is 0 Å². The Bertz CT molecular complexity index is 703. The third kappa shape index (κ3) is 5.68. The number of hydrogen-bond donors (Lipinski definition) is 1. The van der Waals surface area contributed by atoms with Gasteiger partial charge in [0.1, 0.15) is 5.75 Å². The number of amides is 1. The fourth-order valence-electron chi connectivity index (χ4n) is 1.84. The van der Waals surface area contributed by atoms with Crippen LogP contribution in [0.5, 0.6) is 5.75 Å². The minimum Gasteiger partial charge on any atom is -0.435 e. The zero-order valence-electron chi connectivity index (χ0n) is 12.9. The third-order valence-electron chi connectivity index (χ3n) is 3.01. The standard InChI is InChI=1S/C17H16F2N2O3/c1-12-4-2-3-5-13(12)10-20-23-11-16(22)21-14-6-8-15(9-7-14)24-17(18)19/h2-10,17H,11H2,1H3,(H,21,22)/b20-10-.